The van der Waals surface area contributed by atoms with Gasteiger partial charge < -0.3 is 10.1 Å². The summed E-state index contributed by atoms with van der Waals surface area (Å²) in [6.07, 6.45) is 1.97. The van der Waals surface area contributed by atoms with Gasteiger partial charge in [0.15, 0.2) is 0 Å². The monoisotopic (exact) mass is 253 g/mol. The van der Waals surface area contributed by atoms with Gasteiger partial charge in [-0.15, -0.1) is 0 Å². The Morgan fingerprint density at radius 1 is 1.28 bits per heavy atom. The SMILES string of the molecule is O=C(N[C@H]1C[C@@H]2OCC[C@H]12)c1cc(F)cc(F)c1. The summed E-state index contributed by atoms with van der Waals surface area (Å²) in [7, 11) is 0. The van der Waals surface area contributed by atoms with Crippen LogP contribution in [-0.4, -0.2) is 24.7 Å². The van der Waals surface area contributed by atoms with E-state index in [0.717, 1.165) is 37.6 Å². The molecule has 5 heteroatoms. The van der Waals surface area contributed by atoms with Crippen LogP contribution in [0.3, 0.4) is 0 Å². The summed E-state index contributed by atoms with van der Waals surface area (Å²) in [6, 6.07) is 2.90. The number of halogens is 2. The van der Waals surface area contributed by atoms with Gasteiger partial charge in [-0.2, -0.15) is 0 Å². The molecule has 1 saturated carbocycles. The van der Waals surface area contributed by atoms with Crippen LogP contribution in [0, 0.1) is 17.6 Å². The highest BCUT2D eigenvalue weighted by Gasteiger charge is 2.45. The van der Waals surface area contributed by atoms with Gasteiger partial charge in [0.2, 0.25) is 0 Å². The molecule has 0 aromatic heterocycles. The first-order valence-corrected chi connectivity index (χ1v) is 6.02. The number of carbonyl (C=O) groups excluding carboxylic acids is 1. The van der Waals surface area contributed by atoms with Crippen LogP contribution in [0.25, 0.3) is 0 Å². The van der Waals surface area contributed by atoms with Crippen molar-refractivity contribution in [3.63, 3.8) is 0 Å². The van der Waals surface area contributed by atoms with Crippen molar-refractivity contribution in [3.05, 3.63) is 35.4 Å². The van der Waals surface area contributed by atoms with Crippen LogP contribution in [0.15, 0.2) is 18.2 Å². The molecule has 1 N–H and O–H groups in total. The molecule has 2 aliphatic rings. The van der Waals surface area contributed by atoms with E-state index < -0.39 is 17.5 Å². The Bertz CT molecular complexity index is 472. The molecule has 18 heavy (non-hydrogen) atoms. The highest BCUT2D eigenvalue weighted by Crippen LogP contribution is 2.38. The average Bonchev–Trinajstić information content (AvgIpc) is 2.66. The molecule has 3 rings (SSSR count). The van der Waals surface area contributed by atoms with E-state index in [-0.39, 0.29) is 17.7 Å². The fourth-order valence-corrected chi connectivity index (χ4v) is 2.70. The van der Waals surface area contributed by atoms with Crippen molar-refractivity contribution < 1.29 is 18.3 Å². The van der Waals surface area contributed by atoms with Crippen LogP contribution in [0.4, 0.5) is 8.78 Å². The normalized spacial score (nSPS) is 29.6. The molecule has 1 aliphatic carbocycles. The summed E-state index contributed by atoms with van der Waals surface area (Å²) >= 11 is 0. The van der Waals surface area contributed by atoms with Gasteiger partial charge in [-0.25, -0.2) is 8.78 Å². The zero-order chi connectivity index (χ0) is 12.7. The van der Waals surface area contributed by atoms with E-state index in [2.05, 4.69) is 5.32 Å². The number of hydrogen-bond donors (Lipinski definition) is 1. The number of benzene rings is 1. The molecule has 1 aromatic carbocycles. The highest BCUT2D eigenvalue weighted by molar-refractivity contribution is 5.94. The Morgan fingerprint density at radius 3 is 2.67 bits per heavy atom. The lowest BCUT2D eigenvalue weighted by Gasteiger charge is -2.39. The second-order valence-electron chi connectivity index (χ2n) is 4.84. The highest BCUT2D eigenvalue weighted by atomic mass is 19.1. The molecule has 0 spiro atoms. The predicted octanol–water partition coefficient (Wildman–Crippen LogP) is 1.87. The first-order valence-electron chi connectivity index (χ1n) is 6.02. The van der Waals surface area contributed by atoms with Gasteiger partial charge >= 0.3 is 0 Å². The fraction of sp³-hybridized carbons (Fsp3) is 0.462. The number of carbonyl (C=O) groups is 1. The minimum Gasteiger partial charge on any atom is -0.378 e. The fourth-order valence-electron chi connectivity index (χ4n) is 2.70. The van der Waals surface area contributed by atoms with Crippen LogP contribution in [-0.2, 0) is 4.74 Å². The van der Waals surface area contributed by atoms with Crippen LogP contribution >= 0.6 is 0 Å². The number of fused-ring (bicyclic) bond motifs is 1. The number of hydrogen-bond acceptors (Lipinski definition) is 2. The van der Waals surface area contributed by atoms with E-state index in [1.54, 1.807) is 0 Å². The largest absolute Gasteiger partial charge is 0.378 e. The maximum atomic E-state index is 13.0. The lowest BCUT2D eigenvalue weighted by molar-refractivity contribution is 0.00808. The van der Waals surface area contributed by atoms with E-state index >= 15 is 0 Å². The minimum atomic E-state index is -0.740. The third-order valence-corrected chi connectivity index (χ3v) is 3.70. The molecule has 0 bridgehead atoms. The Balaban J connectivity index is 1.68. The summed E-state index contributed by atoms with van der Waals surface area (Å²) < 4.78 is 31.4. The molecule has 0 unspecified atom stereocenters. The number of rotatable bonds is 2. The van der Waals surface area contributed by atoms with Gasteiger partial charge in [0.05, 0.1) is 6.10 Å². The van der Waals surface area contributed by atoms with Crippen molar-refractivity contribution in [2.75, 3.05) is 6.61 Å². The first kappa shape index (κ1) is 11.6. The molecule has 3 atom stereocenters. The summed E-state index contributed by atoms with van der Waals surface area (Å²) in [5.41, 5.74) is 0.0230. The molecular weight excluding hydrogens is 240 g/mol. The summed E-state index contributed by atoms with van der Waals surface area (Å²) in [5.74, 6) is -1.55. The van der Waals surface area contributed by atoms with Crippen molar-refractivity contribution in [1.82, 2.24) is 5.32 Å². The van der Waals surface area contributed by atoms with E-state index in [1.165, 1.54) is 0 Å². The van der Waals surface area contributed by atoms with Gasteiger partial charge in [-0.1, -0.05) is 0 Å². The van der Waals surface area contributed by atoms with Crippen molar-refractivity contribution in [2.45, 2.75) is 25.0 Å². The van der Waals surface area contributed by atoms with Crippen LogP contribution in [0.1, 0.15) is 23.2 Å². The number of ether oxygens (including phenoxy) is 1. The number of nitrogens with one attached hydrogen (secondary N) is 1. The molecule has 1 heterocycles. The summed E-state index contributed by atoms with van der Waals surface area (Å²) in [6.45, 7) is 0.732. The Hall–Kier alpha value is -1.49. The van der Waals surface area contributed by atoms with Gasteiger partial charge in [-0.05, 0) is 25.0 Å². The summed E-state index contributed by atoms with van der Waals surface area (Å²) in [5, 5.41) is 2.81. The van der Waals surface area contributed by atoms with Gasteiger partial charge in [0.25, 0.3) is 5.91 Å². The average molecular weight is 253 g/mol. The van der Waals surface area contributed by atoms with Crippen LogP contribution < -0.4 is 5.32 Å². The van der Waals surface area contributed by atoms with Crippen LogP contribution in [0.5, 0.6) is 0 Å². The van der Waals surface area contributed by atoms with Crippen molar-refractivity contribution >= 4 is 5.91 Å². The second kappa shape index (κ2) is 4.31. The third kappa shape index (κ3) is 1.99. The quantitative estimate of drug-likeness (QED) is 0.873. The molecule has 2 fully saturated rings. The smallest absolute Gasteiger partial charge is 0.251 e. The van der Waals surface area contributed by atoms with Crippen LogP contribution in [0.2, 0.25) is 0 Å². The van der Waals surface area contributed by atoms with Crippen molar-refractivity contribution in [2.24, 2.45) is 5.92 Å². The van der Waals surface area contributed by atoms with E-state index in [0.29, 0.717) is 5.92 Å². The molecule has 0 radical (unpaired) electrons. The predicted molar refractivity (Wildman–Crippen MR) is 60.1 cm³/mol. The third-order valence-electron chi connectivity index (χ3n) is 3.70. The molecule has 1 amide bonds. The summed E-state index contributed by atoms with van der Waals surface area (Å²) in [4.78, 5) is 11.9. The molecule has 1 aromatic rings. The van der Waals surface area contributed by atoms with Gasteiger partial charge in [0.1, 0.15) is 11.6 Å². The van der Waals surface area contributed by atoms with E-state index in [4.69, 9.17) is 4.74 Å². The maximum absolute atomic E-state index is 13.0. The molecular formula is C13H13F2NO2. The van der Waals surface area contributed by atoms with Gasteiger partial charge in [0, 0.05) is 30.2 Å². The Morgan fingerprint density at radius 2 is 2.00 bits per heavy atom. The Kier molecular flexibility index (Phi) is 2.78. The minimum absolute atomic E-state index is 0.0230. The molecule has 1 aliphatic heterocycles. The lowest BCUT2D eigenvalue weighted by Crippen LogP contribution is -2.53. The van der Waals surface area contributed by atoms with Gasteiger partial charge in [-0.3, -0.25) is 4.79 Å². The topological polar surface area (TPSA) is 38.3 Å². The Labute approximate surface area is 103 Å². The molecule has 1 saturated heterocycles. The van der Waals surface area contributed by atoms with E-state index in [9.17, 15) is 13.6 Å². The molecule has 3 nitrogen and oxygen atoms in total. The van der Waals surface area contributed by atoms with E-state index in [1.807, 2.05) is 0 Å². The molecule has 96 valence electrons. The van der Waals surface area contributed by atoms with Crippen molar-refractivity contribution in [3.8, 4) is 0 Å². The van der Waals surface area contributed by atoms with Crippen molar-refractivity contribution in [1.29, 1.82) is 0 Å². The second-order valence-corrected chi connectivity index (χ2v) is 4.84. The standard InChI is InChI=1S/C13H13F2NO2/c14-8-3-7(4-9(15)5-8)13(17)16-11-6-12-10(11)1-2-18-12/h3-5,10-12H,1-2,6H2,(H,16,17)/t10-,11+,12+/m1/s1. The lowest BCUT2D eigenvalue weighted by atomic mass is 9.76. The number of amides is 1. The first-order chi connectivity index (χ1) is 8.63. The maximum Gasteiger partial charge on any atom is 0.251 e. The zero-order valence-corrected chi connectivity index (χ0v) is 9.66. The zero-order valence-electron chi connectivity index (χ0n) is 9.66.